The van der Waals surface area contributed by atoms with Gasteiger partial charge in [0.15, 0.2) is 0 Å². The van der Waals surface area contributed by atoms with Crippen molar-refractivity contribution in [3.63, 3.8) is 0 Å². The van der Waals surface area contributed by atoms with Gasteiger partial charge in [0.2, 0.25) is 0 Å². The molecule has 22 heavy (non-hydrogen) atoms. The number of nitrogens with zero attached hydrogens (tertiary/aromatic N) is 1. The number of hydrogen-bond donors (Lipinski definition) is 2. The van der Waals surface area contributed by atoms with Gasteiger partial charge in [0.05, 0.1) is 22.8 Å². The van der Waals surface area contributed by atoms with Crippen LogP contribution >= 0.6 is 15.9 Å². The van der Waals surface area contributed by atoms with Crippen LogP contribution in [0.15, 0.2) is 48.5 Å². The molecule has 0 bridgehead atoms. The molecule has 2 rings (SSSR count). The van der Waals surface area contributed by atoms with Crippen molar-refractivity contribution in [1.82, 2.24) is 0 Å². The summed E-state index contributed by atoms with van der Waals surface area (Å²) in [4.78, 5) is 20.8. The Kier molecular flexibility index (Phi) is 6.80. The third-order valence-electron chi connectivity index (χ3n) is 2.57. The van der Waals surface area contributed by atoms with Gasteiger partial charge >= 0.3 is 11.9 Å². The van der Waals surface area contributed by atoms with E-state index in [1.54, 1.807) is 30.3 Å². The molecule has 0 aliphatic carbocycles. The molecule has 112 valence electrons. The minimum atomic E-state index is -1.01. The number of alkyl halides is 1. The zero-order valence-electron chi connectivity index (χ0n) is 11.4. The van der Waals surface area contributed by atoms with Crippen molar-refractivity contribution in [3.8, 4) is 6.07 Å². The van der Waals surface area contributed by atoms with Crippen molar-refractivity contribution in [1.29, 1.82) is 5.26 Å². The van der Waals surface area contributed by atoms with Gasteiger partial charge in [-0.1, -0.05) is 34.1 Å². The van der Waals surface area contributed by atoms with Gasteiger partial charge in [-0.2, -0.15) is 5.26 Å². The highest BCUT2D eigenvalue weighted by molar-refractivity contribution is 9.08. The molecule has 0 heterocycles. The molecule has 2 aromatic rings. The Hall–Kier alpha value is -2.65. The second-order valence-electron chi connectivity index (χ2n) is 4.14. The number of carbonyl (C=O) groups is 2. The summed E-state index contributed by atoms with van der Waals surface area (Å²) in [5, 5.41) is 26.2. The Labute approximate surface area is 135 Å². The summed E-state index contributed by atoms with van der Waals surface area (Å²) >= 11 is 3.25. The summed E-state index contributed by atoms with van der Waals surface area (Å²) in [5.41, 5.74) is 1.82. The Balaban J connectivity index is 0.000000220. The fourth-order valence-corrected chi connectivity index (χ4v) is 1.86. The molecule has 0 aromatic heterocycles. The molecule has 5 nitrogen and oxygen atoms in total. The van der Waals surface area contributed by atoms with Crippen LogP contribution in [0, 0.1) is 11.3 Å². The Morgan fingerprint density at radius 1 is 1.00 bits per heavy atom. The number of carboxylic acid groups (broad SMARTS) is 2. The van der Waals surface area contributed by atoms with Crippen LogP contribution in [-0.4, -0.2) is 22.2 Å². The lowest BCUT2D eigenvalue weighted by atomic mass is 10.1. The van der Waals surface area contributed by atoms with E-state index in [1.807, 2.05) is 12.1 Å². The summed E-state index contributed by atoms with van der Waals surface area (Å²) in [6.07, 6.45) is 0. The zero-order chi connectivity index (χ0) is 16.5. The minimum Gasteiger partial charge on any atom is -0.478 e. The van der Waals surface area contributed by atoms with Crippen molar-refractivity contribution in [2.75, 3.05) is 0 Å². The van der Waals surface area contributed by atoms with E-state index in [4.69, 9.17) is 15.5 Å². The van der Waals surface area contributed by atoms with E-state index in [-0.39, 0.29) is 5.56 Å². The maximum atomic E-state index is 10.5. The van der Waals surface area contributed by atoms with Crippen molar-refractivity contribution in [3.05, 3.63) is 70.8 Å². The lowest BCUT2D eigenvalue weighted by Gasteiger charge is -1.96. The first kappa shape index (κ1) is 17.4. The molecule has 0 saturated carbocycles. The molecule has 0 aliphatic rings. The molecular formula is C16H12BrNO4. The topological polar surface area (TPSA) is 98.4 Å². The molecule has 0 radical (unpaired) electrons. The number of nitriles is 1. The van der Waals surface area contributed by atoms with Crippen molar-refractivity contribution < 1.29 is 19.8 Å². The molecule has 0 saturated heterocycles. The quantitative estimate of drug-likeness (QED) is 0.814. The third-order valence-corrected chi connectivity index (χ3v) is 3.21. The Morgan fingerprint density at radius 2 is 1.55 bits per heavy atom. The standard InChI is InChI=1S/C8H7BrO2.C8H5NO2/c2*9-5-6-2-1-3-7(4-6)8(10)11/h1-4H,5H2,(H,10,11);1-4H,(H,10,11). The van der Waals surface area contributed by atoms with Gasteiger partial charge < -0.3 is 10.2 Å². The molecule has 2 N–H and O–H groups in total. The number of hydrogen-bond acceptors (Lipinski definition) is 3. The first-order chi connectivity index (χ1) is 10.5. The van der Waals surface area contributed by atoms with Crippen LogP contribution in [0.25, 0.3) is 0 Å². The van der Waals surface area contributed by atoms with Gasteiger partial charge in [-0.25, -0.2) is 9.59 Å². The van der Waals surface area contributed by atoms with Gasteiger partial charge in [0, 0.05) is 5.33 Å². The van der Waals surface area contributed by atoms with Gasteiger partial charge in [-0.05, 0) is 35.9 Å². The van der Waals surface area contributed by atoms with Gasteiger partial charge in [0.1, 0.15) is 0 Å². The molecule has 2 aromatic carbocycles. The number of halogens is 1. The largest absolute Gasteiger partial charge is 0.478 e. The van der Waals surface area contributed by atoms with E-state index >= 15 is 0 Å². The smallest absolute Gasteiger partial charge is 0.335 e. The van der Waals surface area contributed by atoms with E-state index in [1.165, 1.54) is 12.1 Å². The predicted octanol–water partition coefficient (Wildman–Crippen LogP) is 3.54. The predicted molar refractivity (Wildman–Crippen MR) is 84.1 cm³/mol. The van der Waals surface area contributed by atoms with E-state index in [0.29, 0.717) is 16.5 Å². The maximum absolute atomic E-state index is 10.5. The lowest BCUT2D eigenvalue weighted by molar-refractivity contribution is 0.0686. The highest BCUT2D eigenvalue weighted by Crippen LogP contribution is 2.08. The molecule has 6 heteroatoms. The van der Waals surface area contributed by atoms with Gasteiger partial charge in [-0.3, -0.25) is 0 Å². The van der Waals surface area contributed by atoms with Crippen LogP contribution in [0.4, 0.5) is 0 Å². The SMILES string of the molecule is N#Cc1cccc(C(=O)O)c1.O=C(O)c1cccc(CBr)c1. The second kappa shape index (κ2) is 8.60. The van der Waals surface area contributed by atoms with Crippen LogP contribution < -0.4 is 0 Å². The highest BCUT2D eigenvalue weighted by atomic mass is 79.9. The van der Waals surface area contributed by atoms with Crippen molar-refractivity contribution >= 4 is 27.9 Å². The summed E-state index contributed by atoms with van der Waals surface area (Å²) in [6.45, 7) is 0. The van der Waals surface area contributed by atoms with Crippen LogP contribution in [0.2, 0.25) is 0 Å². The summed E-state index contributed by atoms with van der Waals surface area (Å²) < 4.78 is 0. The van der Waals surface area contributed by atoms with Crippen LogP contribution in [0.1, 0.15) is 31.8 Å². The highest BCUT2D eigenvalue weighted by Gasteiger charge is 2.02. The summed E-state index contributed by atoms with van der Waals surface area (Å²) in [5.74, 6) is -1.89. The Morgan fingerprint density at radius 3 is 2.05 bits per heavy atom. The monoisotopic (exact) mass is 361 g/mol. The minimum absolute atomic E-state index is 0.143. The van der Waals surface area contributed by atoms with E-state index in [2.05, 4.69) is 15.9 Å². The summed E-state index contributed by atoms with van der Waals surface area (Å²) in [6, 6.07) is 14.6. The van der Waals surface area contributed by atoms with Crippen LogP contribution in [0.5, 0.6) is 0 Å². The number of rotatable bonds is 3. The number of benzene rings is 2. The van der Waals surface area contributed by atoms with Crippen molar-refractivity contribution in [2.45, 2.75) is 5.33 Å². The molecule has 0 fully saturated rings. The average molecular weight is 362 g/mol. The fraction of sp³-hybridized carbons (Fsp3) is 0.0625. The first-order valence-electron chi connectivity index (χ1n) is 6.09. The van der Waals surface area contributed by atoms with Gasteiger partial charge in [-0.15, -0.1) is 0 Å². The Bertz CT molecular complexity index is 722. The van der Waals surface area contributed by atoms with E-state index < -0.39 is 11.9 Å². The van der Waals surface area contributed by atoms with Gasteiger partial charge in [0.25, 0.3) is 0 Å². The van der Waals surface area contributed by atoms with Crippen LogP contribution in [0.3, 0.4) is 0 Å². The molecule has 0 spiro atoms. The molecule has 0 unspecified atom stereocenters. The third kappa shape index (κ3) is 5.38. The fourth-order valence-electron chi connectivity index (χ4n) is 1.51. The van der Waals surface area contributed by atoms with Crippen molar-refractivity contribution in [2.24, 2.45) is 0 Å². The molecular weight excluding hydrogens is 350 g/mol. The number of carboxylic acids is 2. The average Bonchev–Trinajstić information content (AvgIpc) is 2.55. The molecule has 0 atom stereocenters. The summed E-state index contributed by atoms with van der Waals surface area (Å²) in [7, 11) is 0. The normalized spacial score (nSPS) is 9.09. The molecule has 0 amide bonds. The number of aromatic carboxylic acids is 2. The van der Waals surface area contributed by atoms with E-state index in [9.17, 15) is 9.59 Å². The van der Waals surface area contributed by atoms with E-state index in [0.717, 1.165) is 5.56 Å². The zero-order valence-corrected chi connectivity index (χ0v) is 12.9. The first-order valence-corrected chi connectivity index (χ1v) is 7.21. The van der Waals surface area contributed by atoms with Crippen LogP contribution in [-0.2, 0) is 5.33 Å². The lowest BCUT2D eigenvalue weighted by Crippen LogP contribution is -1.95. The maximum Gasteiger partial charge on any atom is 0.335 e. The second-order valence-corrected chi connectivity index (χ2v) is 4.70. The molecule has 0 aliphatic heterocycles.